The van der Waals surface area contributed by atoms with E-state index in [1.165, 1.54) is 0 Å². The van der Waals surface area contributed by atoms with E-state index in [9.17, 15) is 28.4 Å². The monoisotopic (exact) mass is 265 g/mol. The Morgan fingerprint density at radius 1 is 1.28 bits per heavy atom. The van der Waals surface area contributed by atoms with Gasteiger partial charge in [0.1, 0.15) is 12.7 Å². The highest BCUT2D eigenvalue weighted by Crippen LogP contribution is 2.30. The summed E-state index contributed by atoms with van der Waals surface area (Å²) >= 11 is 0. The van der Waals surface area contributed by atoms with Gasteiger partial charge >= 0.3 is 6.18 Å². The van der Waals surface area contributed by atoms with E-state index in [-0.39, 0.29) is 5.56 Å². The van der Waals surface area contributed by atoms with Crippen molar-refractivity contribution >= 4 is 0 Å². The van der Waals surface area contributed by atoms with Gasteiger partial charge in [-0.25, -0.2) is 0 Å². The maximum Gasteiger partial charge on any atom is 0.416 e. The van der Waals surface area contributed by atoms with Crippen molar-refractivity contribution in [1.29, 1.82) is 0 Å². The van der Waals surface area contributed by atoms with Gasteiger partial charge in [0, 0.05) is 4.92 Å². The van der Waals surface area contributed by atoms with Gasteiger partial charge in [0.15, 0.2) is 0 Å². The molecule has 0 spiro atoms. The van der Waals surface area contributed by atoms with Gasteiger partial charge < -0.3 is 10.2 Å². The molecule has 0 aliphatic heterocycles. The predicted octanol–water partition coefficient (Wildman–Crippen LogP) is 1.38. The number of aliphatic hydroxyl groups excluding tert-OH is 2. The molecule has 0 amide bonds. The zero-order valence-electron chi connectivity index (χ0n) is 8.96. The molecule has 0 saturated carbocycles. The average Bonchev–Trinajstić information content (AvgIpc) is 2.28. The smallest absolute Gasteiger partial charge is 0.389 e. The highest BCUT2D eigenvalue weighted by atomic mass is 19.4. The van der Waals surface area contributed by atoms with Crippen LogP contribution in [0.3, 0.4) is 0 Å². The minimum absolute atomic E-state index is 0.0567. The maximum absolute atomic E-state index is 12.3. The van der Waals surface area contributed by atoms with Gasteiger partial charge in [0.25, 0.3) is 6.04 Å². The number of alkyl halides is 3. The minimum atomic E-state index is -4.51. The molecule has 0 heterocycles. The molecule has 8 heteroatoms. The number of halogens is 3. The Kier molecular flexibility index (Phi) is 4.25. The number of hydrogen-bond acceptors (Lipinski definition) is 4. The molecule has 0 saturated heterocycles. The summed E-state index contributed by atoms with van der Waals surface area (Å²) in [7, 11) is 0. The molecule has 0 fully saturated rings. The minimum Gasteiger partial charge on any atom is -0.389 e. The van der Waals surface area contributed by atoms with Gasteiger partial charge in [0.05, 0.1) is 5.56 Å². The number of aliphatic hydroxyl groups is 2. The molecule has 1 aromatic carbocycles. The molecule has 2 N–H and O–H groups in total. The topological polar surface area (TPSA) is 83.6 Å². The van der Waals surface area contributed by atoms with Gasteiger partial charge in [0.2, 0.25) is 0 Å². The molecule has 18 heavy (non-hydrogen) atoms. The third-order valence-corrected chi connectivity index (χ3v) is 2.40. The summed E-state index contributed by atoms with van der Waals surface area (Å²) in [5, 5.41) is 28.8. The van der Waals surface area contributed by atoms with Crippen LogP contribution >= 0.6 is 0 Å². The number of nitrogens with zero attached hydrogens (tertiary/aromatic N) is 1. The summed E-state index contributed by atoms with van der Waals surface area (Å²) in [6, 6.07) is 1.65. The number of hydrogen-bond donors (Lipinski definition) is 2. The van der Waals surface area contributed by atoms with Crippen molar-refractivity contribution in [2.75, 3.05) is 6.61 Å². The van der Waals surface area contributed by atoms with Gasteiger partial charge in [-0.15, -0.1) is 0 Å². The normalized spacial score (nSPS) is 15.2. The zero-order valence-corrected chi connectivity index (χ0v) is 8.96. The van der Waals surface area contributed by atoms with Crippen molar-refractivity contribution in [1.82, 2.24) is 0 Å². The van der Waals surface area contributed by atoms with Gasteiger partial charge in [-0.1, -0.05) is 12.1 Å². The second-order valence-corrected chi connectivity index (χ2v) is 3.60. The fourth-order valence-electron chi connectivity index (χ4n) is 1.37. The Balaban J connectivity index is 2.94. The zero-order chi connectivity index (χ0) is 13.9. The number of rotatable bonds is 4. The van der Waals surface area contributed by atoms with E-state index in [0.29, 0.717) is 12.1 Å². The van der Waals surface area contributed by atoms with E-state index >= 15 is 0 Å². The fraction of sp³-hybridized carbons (Fsp3) is 0.400. The van der Waals surface area contributed by atoms with E-state index in [1.807, 2.05) is 0 Å². The van der Waals surface area contributed by atoms with Crippen LogP contribution in [-0.4, -0.2) is 27.8 Å². The van der Waals surface area contributed by atoms with Crippen LogP contribution in [0, 0.1) is 10.1 Å². The molecule has 100 valence electrons. The molecule has 5 nitrogen and oxygen atoms in total. The third kappa shape index (κ3) is 3.17. The van der Waals surface area contributed by atoms with E-state index in [1.54, 1.807) is 0 Å². The molecular weight excluding hydrogens is 255 g/mol. The second kappa shape index (κ2) is 5.32. The van der Waals surface area contributed by atoms with Crippen LogP contribution in [0.5, 0.6) is 0 Å². The largest absolute Gasteiger partial charge is 0.416 e. The Labute approximate surface area is 99.6 Å². The lowest BCUT2D eigenvalue weighted by Crippen LogP contribution is -2.31. The Bertz CT molecular complexity index is 418. The summed E-state index contributed by atoms with van der Waals surface area (Å²) in [5.41, 5.74) is -0.973. The summed E-state index contributed by atoms with van der Waals surface area (Å²) < 4.78 is 36.8. The van der Waals surface area contributed by atoms with E-state index in [4.69, 9.17) is 5.11 Å². The van der Waals surface area contributed by atoms with Gasteiger partial charge in [-0.2, -0.15) is 13.2 Å². The third-order valence-electron chi connectivity index (χ3n) is 2.40. The molecule has 0 aliphatic carbocycles. The van der Waals surface area contributed by atoms with Gasteiger partial charge in [-0.05, 0) is 17.7 Å². The van der Waals surface area contributed by atoms with Crippen LogP contribution in [-0.2, 0) is 6.18 Å². The average molecular weight is 265 g/mol. The van der Waals surface area contributed by atoms with Crippen molar-refractivity contribution in [3.05, 3.63) is 45.5 Å². The van der Waals surface area contributed by atoms with Crippen molar-refractivity contribution < 1.29 is 28.3 Å². The summed E-state index contributed by atoms with van der Waals surface area (Å²) in [5.74, 6) is 0. The van der Waals surface area contributed by atoms with Crippen molar-refractivity contribution in [3.63, 3.8) is 0 Å². The Hall–Kier alpha value is -1.67. The predicted molar refractivity (Wildman–Crippen MR) is 54.3 cm³/mol. The van der Waals surface area contributed by atoms with Gasteiger partial charge in [-0.3, -0.25) is 10.1 Å². The standard InChI is InChI=1S/C10H10F3NO4/c11-10(12,13)7-3-1-6(2-4-7)9(16)8(5-15)14(17)18/h1-4,8-9,15-16H,5H2/t8-,9-/m1/s1. The molecule has 1 rings (SSSR count). The molecule has 0 bridgehead atoms. The maximum atomic E-state index is 12.3. The molecule has 0 aliphatic rings. The first kappa shape index (κ1) is 14.4. The molecule has 0 unspecified atom stereocenters. The van der Waals surface area contributed by atoms with Crippen molar-refractivity contribution in [2.45, 2.75) is 18.3 Å². The lowest BCUT2D eigenvalue weighted by Gasteiger charge is -2.15. The van der Waals surface area contributed by atoms with E-state index < -0.39 is 35.4 Å². The molecule has 1 aromatic rings. The first-order valence-corrected chi connectivity index (χ1v) is 4.87. The number of nitro groups is 1. The fourth-order valence-corrected chi connectivity index (χ4v) is 1.37. The van der Waals surface area contributed by atoms with Crippen LogP contribution in [0.1, 0.15) is 17.2 Å². The first-order chi connectivity index (χ1) is 8.27. The van der Waals surface area contributed by atoms with Crippen LogP contribution < -0.4 is 0 Å². The lowest BCUT2D eigenvalue weighted by molar-refractivity contribution is -0.539. The Morgan fingerprint density at radius 2 is 1.78 bits per heavy atom. The summed E-state index contributed by atoms with van der Waals surface area (Å²) in [4.78, 5) is 9.59. The van der Waals surface area contributed by atoms with Crippen LogP contribution in [0.25, 0.3) is 0 Å². The van der Waals surface area contributed by atoms with Crippen LogP contribution in [0.15, 0.2) is 24.3 Å². The Morgan fingerprint density at radius 3 is 2.11 bits per heavy atom. The SMILES string of the molecule is O=[N+]([O-])[C@H](CO)[C@H](O)c1ccc(C(F)(F)F)cc1. The number of benzene rings is 1. The molecule has 0 aromatic heterocycles. The summed E-state index contributed by atoms with van der Waals surface area (Å²) in [6.45, 7) is -0.908. The quantitative estimate of drug-likeness (QED) is 0.636. The lowest BCUT2D eigenvalue weighted by atomic mass is 10.0. The molecular formula is C10H10F3NO4. The van der Waals surface area contributed by atoms with Crippen LogP contribution in [0.2, 0.25) is 0 Å². The molecule has 2 atom stereocenters. The van der Waals surface area contributed by atoms with E-state index in [0.717, 1.165) is 12.1 Å². The van der Waals surface area contributed by atoms with Crippen LogP contribution in [0.4, 0.5) is 13.2 Å². The second-order valence-electron chi connectivity index (χ2n) is 3.60. The van der Waals surface area contributed by atoms with Crippen molar-refractivity contribution in [3.8, 4) is 0 Å². The summed E-state index contributed by atoms with van der Waals surface area (Å²) in [6.07, 6.45) is -6.17. The first-order valence-electron chi connectivity index (χ1n) is 4.87. The molecule has 0 radical (unpaired) electrons. The van der Waals surface area contributed by atoms with Crippen molar-refractivity contribution in [2.24, 2.45) is 0 Å². The van der Waals surface area contributed by atoms with E-state index in [2.05, 4.69) is 0 Å². The highest BCUT2D eigenvalue weighted by Gasteiger charge is 2.33. The highest BCUT2D eigenvalue weighted by molar-refractivity contribution is 5.26.